The first-order valence-corrected chi connectivity index (χ1v) is 8.06. The third-order valence-corrected chi connectivity index (χ3v) is 5.04. The molecule has 2 aliphatic rings. The number of hydrogen-bond donors (Lipinski definition) is 0. The quantitative estimate of drug-likeness (QED) is 0.778. The highest BCUT2D eigenvalue weighted by Crippen LogP contribution is 2.36. The number of morpholine rings is 1. The third kappa shape index (κ3) is 2.97. The first-order valence-electron chi connectivity index (χ1n) is 8.06. The topological polar surface area (TPSA) is 54.7 Å². The molecule has 0 aliphatic carbocycles. The van der Waals surface area contributed by atoms with Crippen LogP contribution in [0.3, 0.4) is 0 Å². The Hall–Kier alpha value is -1.55. The average Bonchev–Trinajstić information content (AvgIpc) is 2.75. The van der Waals surface area contributed by atoms with Crippen LogP contribution in [-0.2, 0) is 14.0 Å². The summed E-state index contributed by atoms with van der Waals surface area (Å²) in [4.78, 5) is 2.23. The summed E-state index contributed by atoms with van der Waals surface area (Å²) in [5.74, 6) is 0. The van der Waals surface area contributed by atoms with E-state index in [2.05, 4.69) is 11.0 Å². The van der Waals surface area contributed by atoms with Gasteiger partial charge in [-0.25, -0.2) is 0 Å². The predicted molar refractivity (Wildman–Crippen MR) is 89.9 cm³/mol. The van der Waals surface area contributed by atoms with Crippen LogP contribution < -0.4 is 10.4 Å². The number of nitriles is 1. The van der Waals surface area contributed by atoms with Crippen molar-refractivity contribution in [2.75, 3.05) is 31.2 Å². The van der Waals surface area contributed by atoms with E-state index in [0.29, 0.717) is 5.56 Å². The summed E-state index contributed by atoms with van der Waals surface area (Å²) in [6.45, 7) is 11.2. The molecule has 1 aromatic carbocycles. The van der Waals surface area contributed by atoms with Gasteiger partial charge < -0.3 is 18.9 Å². The number of anilines is 1. The molecule has 1 aromatic rings. The lowest BCUT2D eigenvalue weighted by Crippen LogP contribution is -2.41. The van der Waals surface area contributed by atoms with Gasteiger partial charge in [-0.1, -0.05) is 6.07 Å². The molecule has 2 fully saturated rings. The van der Waals surface area contributed by atoms with Crippen LogP contribution in [0.1, 0.15) is 33.3 Å². The second kappa shape index (κ2) is 5.83. The summed E-state index contributed by atoms with van der Waals surface area (Å²) in [6, 6.07) is 8.20. The number of nitrogens with zero attached hydrogens (tertiary/aromatic N) is 2. The summed E-state index contributed by atoms with van der Waals surface area (Å²) < 4.78 is 17.5. The van der Waals surface area contributed by atoms with Crippen LogP contribution in [0.25, 0.3) is 0 Å². The standard InChI is InChI=1S/C17H23BN2O3/c1-16(2)17(3,4)23-18(22-16)15-6-5-14(11-13(15)12-19)20-7-9-21-10-8-20/h5-6,11H,7-10H2,1-4H3. The maximum absolute atomic E-state index is 9.56. The number of benzene rings is 1. The van der Waals surface area contributed by atoms with Gasteiger partial charge in [0.1, 0.15) is 0 Å². The highest BCUT2D eigenvalue weighted by Gasteiger charge is 2.52. The average molecular weight is 314 g/mol. The molecule has 6 heteroatoms. The van der Waals surface area contributed by atoms with Crippen LogP contribution in [0.2, 0.25) is 0 Å². The van der Waals surface area contributed by atoms with Crippen LogP contribution in [0.15, 0.2) is 18.2 Å². The van der Waals surface area contributed by atoms with Gasteiger partial charge in [-0.05, 0) is 39.8 Å². The van der Waals surface area contributed by atoms with Crippen molar-refractivity contribution in [2.24, 2.45) is 0 Å². The van der Waals surface area contributed by atoms with Crippen molar-refractivity contribution in [3.05, 3.63) is 23.8 Å². The molecular formula is C17H23BN2O3. The minimum atomic E-state index is -0.506. The molecule has 3 rings (SSSR count). The summed E-state index contributed by atoms with van der Waals surface area (Å²) in [7, 11) is -0.506. The SMILES string of the molecule is CC1(C)OB(c2ccc(N3CCOCC3)cc2C#N)OC1(C)C. The maximum atomic E-state index is 9.56. The molecule has 0 aromatic heterocycles. The molecule has 2 aliphatic heterocycles. The van der Waals surface area contributed by atoms with Crippen molar-refractivity contribution in [3.63, 3.8) is 0 Å². The zero-order valence-corrected chi connectivity index (χ0v) is 14.3. The van der Waals surface area contributed by atoms with Crippen LogP contribution in [0.4, 0.5) is 5.69 Å². The Kier molecular flexibility index (Phi) is 4.13. The molecule has 2 saturated heterocycles. The highest BCUT2D eigenvalue weighted by atomic mass is 16.7. The first-order chi connectivity index (χ1) is 10.8. The fourth-order valence-electron chi connectivity index (χ4n) is 2.83. The zero-order valence-electron chi connectivity index (χ0n) is 14.3. The molecule has 0 saturated carbocycles. The van der Waals surface area contributed by atoms with Gasteiger partial charge in [-0.3, -0.25) is 0 Å². The lowest BCUT2D eigenvalue weighted by atomic mass is 9.76. The largest absolute Gasteiger partial charge is 0.496 e. The molecule has 0 spiro atoms. The van der Waals surface area contributed by atoms with Crippen molar-refractivity contribution in [1.82, 2.24) is 0 Å². The van der Waals surface area contributed by atoms with E-state index >= 15 is 0 Å². The normalized spacial score (nSPS) is 22.9. The van der Waals surface area contributed by atoms with Gasteiger partial charge in [-0.2, -0.15) is 5.26 Å². The molecule has 122 valence electrons. The molecule has 0 atom stereocenters. The third-order valence-electron chi connectivity index (χ3n) is 5.04. The van der Waals surface area contributed by atoms with Crippen LogP contribution >= 0.6 is 0 Å². The Morgan fingerprint density at radius 1 is 1.09 bits per heavy atom. The number of rotatable bonds is 2. The lowest BCUT2D eigenvalue weighted by molar-refractivity contribution is 0.00578. The van der Waals surface area contributed by atoms with E-state index in [4.69, 9.17) is 14.0 Å². The molecular weight excluding hydrogens is 291 g/mol. The molecule has 0 amide bonds. The fourth-order valence-corrected chi connectivity index (χ4v) is 2.83. The molecule has 0 unspecified atom stereocenters. The summed E-state index contributed by atoms with van der Waals surface area (Å²) in [5, 5.41) is 9.56. The van der Waals surface area contributed by atoms with E-state index in [0.717, 1.165) is 37.5 Å². The lowest BCUT2D eigenvalue weighted by Gasteiger charge is -2.32. The first kappa shape index (κ1) is 16.3. The van der Waals surface area contributed by atoms with Crippen molar-refractivity contribution in [3.8, 4) is 6.07 Å². The van der Waals surface area contributed by atoms with E-state index in [1.165, 1.54) is 0 Å². The molecule has 0 bridgehead atoms. The predicted octanol–water partition coefficient (Wildman–Crippen LogP) is 1.69. The Morgan fingerprint density at radius 2 is 1.70 bits per heavy atom. The van der Waals surface area contributed by atoms with E-state index in [1.54, 1.807) is 0 Å². The minimum absolute atomic E-state index is 0.409. The molecule has 2 heterocycles. The number of hydrogen-bond acceptors (Lipinski definition) is 5. The van der Waals surface area contributed by atoms with Gasteiger partial charge >= 0.3 is 7.12 Å². The second-order valence-electron chi connectivity index (χ2n) is 7.07. The van der Waals surface area contributed by atoms with Gasteiger partial charge in [0.25, 0.3) is 0 Å². The number of ether oxygens (including phenoxy) is 1. The van der Waals surface area contributed by atoms with Crippen LogP contribution in [0.5, 0.6) is 0 Å². The summed E-state index contributed by atoms with van der Waals surface area (Å²) in [6.07, 6.45) is 0. The second-order valence-corrected chi connectivity index (χ2v) is 7.07. The molecule has 0 N–H and O–H groups in total. The van der Waals surface area contributed by atoms with E-state index in [9.17, 15) is 5.26 Å². The summed E-state index contributed by atoms with van der Waals surface area (Å²) in [5.41, 5.74) is 1.63. The Labute approximate surface area is 138 Å². The fraction of sp³-hybridized carbons (Fsp3) is 0.588. The smallest absolute Gasteiger partial charge is 0.399 e. The Bertz CT molecular complexity index is 617. The summed E-state index contributed by atoms with van der Waals surface area (Å²) >= 11 is 0. The van der Waals surface area contributed by atoms with Crippen LogP contribution in [-0.4, -0.2) is 44.6 Å². The Morgan fingerprint density at radius 3 is 2.26 bits per heavy atom. The molecule has 5 nitrogen and oxygen atoms in total. The van der Waals surface area contributed by atoms with Crippen molar-refractivity contribution >= 4 is 18.3 Å². The highest BCUT2D eigenvalue weighted by molar-refractivity contribution is 6.62. The van der Waals surface area contributed by atoms with Crippen LogP contribution in [0, 0.1) is 11.3 Å². The van der Waals surface area contributed by atoms with Gasteiger partial charge in [0.2, 0.25) is 0 Å². The van der Waals surface area contributed by atoms with Crippen molar-refractivity contribution in [1.29, 1.82) is 5.26 Å². The zero-order chi connectivity index (χ0) is 16.7. The Balaban J connectivity index is 1.88. The van der Waals surface area contributed by atoms with Gasteiger partial charge in [0, 0.05) is 24.2 Å². The monoisotopic (exact) mass is 314 g/mol. The maximum Gasteiger partial charge on any atom is 0.496 e. The van der Waals surface area contributed by atoms with Crippen molar-refractivity contribution in [2.45, 2.75) is 38.9 Å². The van der Waals surface area contributed by atoms with E-state index in [1.807, 2.05) is 45.9 Å². The van der Waals surface area contributed by atoms with Gasteiger partial charge in [-0.15, -0.1) is 0 Å². The molecule has 0 radical (unpaired) electrons. The molecule has 23 heavy (non-hydrogen) atoms. The van der Waals surface area contributed by atoms with Crippen molar-refractivity contribution < 1.29 is 14.0 Å². The van der Waals surface area contributed by atoms with E-state index in [-0.39, 0.29) is 0 Å². The van der Waals surface area contributed by atoms with Gasteiger partial charge in [0.15, 0.2) is 0 Å². The van der Waals surface area contributed by atoms with E-state index < -0.39 is 18.3 Å². The van der Waals surface area contributed by atoms with Gasteiger partial charge in [0.05, 0.1) is 36.0 Å². The minimum Gasteiger partial charge on any atom is -0.399 e.